The number of hydrogen-bond donors (Lipinski definition) is 0. The van der Waals surface area contributed by atoms with Crippen LogP contribution < -0.4 is 0 Å². The van der Waals surface area contributed by atoms with Crippen molar-refractivity contribution >= 4 is 5.91 Å². The molecule has 1 aliphatic rings. The number of aromatic nitrogens is 3. The van der Waals surface area contributed by atoms with Gasteiger partial charge in [-0.15, -0.1) is 5.10 Å². The molecule has 1 fully saturated rings. The van der Waals surface area contributed by atoms with Gasteiger partial charge in [-0.3, -0.25) is 4.79 Å². The minimum Gasteiger partial charge on any atom is -0.336 e. The van der Waals surface area contributed by atoms with Gasteiger partial charge < -0.3 is 9.80 Å². The van der Waals surface area contributed by atoms with Crippen LogP contribution >= 0.6 is 0 Å². The zero-order valence-electron chi connectivity index (χ0n) is 12.1. The molecule has 2 heterocycles. The fourth-order valence-corrected chi connectivity index (χ4v) is 2.46. The highest BCUT2D eigenvalue weighted by Gasteiger charge is 2.21. The Morgan fingerprint density at radius 2 is 1.90 bits per heavy atom. The van der Waals surface area contributed by atoms with Crippen LogP contribution in [0.3, 0.4) is 0 Å². The lowest BCUT2D eigenvalue weighted by molar-refractivity contribution is 0.0756. The molecular weight excluding hydrogens is 266 g/mol. The molecule has 6 nitrogen and oxygen atoms in total. The third-order valence-electron chi connectivity index (χ3n) is 3.70. The van der Waals surface area contributed by atoms with Gasteiger partial charge in [0.15, 0.2) is 5.69 Å². The summed E-state index contributed by atoms with van der Waals surface area (Å²) < 4.78 is 0. The molecule has 110 valence electrons. The summed E-state index contributed by atoms with van der Waals surface area (Å²) in [5.41, 5.74) is 1.26. The lowest BCUT2D eigenvalue weighted by Gasteiger charge is -2.18. The lowest BCUT2D eigenvalue weighted by atomic mass is 10.3. The average molecular weight is 285 g/mol. The van der Waals surface area contributed by atoms with Crippen molar-refractivity contribution in [2.24, 2.45) is 0 Å². The molecule has 1 saturated heterocycles. The molecule has 1 amide bonds. The Bertz CT molecular complexity index is 610. The Morgan fingerprint density at radius 3 is 2.71 bits per heavy atom. The predicted molar refractivity (Wildman–Crippen MR) is 79.4 cm³/mol. The first-order valence-electron chi connectivity index (χ1n) is 7.19. The zero-order chi connectivity index (χ0) is 14.7. The largest absolute Gasteiger partial charge is 0.336 e. The quantitative estimate of drug-likeness (QED) is 0.827. The van der Waals surface area contributed by atoms with E-state index in [-0.39, 0.29) is 5.91 Å². The number of likely N-dealkylation sites (N-methyl/N-ethyl adjacent to an activating group) is 1. The van der Waals surface area contributed by atoms with Crippen molar-refractivity contribution in [1.29, 1.82) is 0 Å². The predicted octanol–water partition coefficient (Wildman–Crippen LogP) is 1.04. The Hall–Kier alpha value is -2.21. The maximum atomic E-state index is 12.5. The SMILES string of the molecule is CN1CCCN(C(=O)c2cnn(-c3ccccc3)n2)CC1. The molecule has 0 radical (unpaired) electrons. The van der Waals surface area contributed by atoms with Gasteiger partial charge in [0.25, 0.3) is 5.91 Å². The lowest BCUT2D eigenvalue weighted by Crippen LogP contribution is -2.34. The van der Waals surface area contributed by atoms with Gasteiger partial charge in [-0.2, -0.15) is 9.90 Å². The van der Waals surface area contributed by atoms with Crippen molar-refractivity contribution in [3.8, 4) is 5.69 Å². The minimum absolute atomic E-state index is 0.0347. The summed E-state index contributed by atoms with van der Waals surface area (Å²) in [6, 6.07) is 9.60. The number of amides is 1. The molecule has 0 saturated carbocycles. The molecule has 0 spiro atoms. The Morgan fingerprint density at radius 1 is 1.10 bits per heavy atom. The number of carbonyl (C=O) groups is 1. The molecule has 3 rings (SSSR count). The zero-order valence-corrected chi connectivity index (χ0v) is 12.1. The standard InChI is InChI=1S/C15H19N5O/c1-18-8-5-9-19(11-10-18)15(21)14-12-16-20(17-14)13-6-3-2-4-7-13/h2-4,6-7,12H,5,8-11H2,1H3. The number of hydrogen-bond acceptors (Lipinski definition) is 4. The van der Waals surface area contributed by atoms with Gasteiger partial charge in [0.05, 0.1) is 11.9 Å². The van der Waals surface area contributed by atoms with Crippen LogP contribution in [0.1, 0.15) is 16.9 Å². The highest BCUT2D eigenvalue weighted by atomic mass is 16.2. The molecule has 6 heteroatoms. The van der Waals surface area contributed by atoms with Crippen molar-refractivity contribution in [2.45, 2.75) is 6.42 Å². The third kappa shape index (κ3) is 3.11. The van der Waals surface area contributed by atoms with Gasteiger partial charge in [0.1, 0.15) is 0 Å². The highest BCUT2D eigenvalue weighted by molar-refractivity contribution is 5.92. The van der Waals surface area contributed by atoms with Gasteiger partial charge in [-0.1, -0.05) is 18.2 Å². The van der Waals surface area contributed by atoms with Gasteiger partial charge in [0.2, 0.25) is 0 Å². The van der Waals surface area contributed by atoms with Crippen LogP contribution in [0.2, 0.25) is 0 Å². The summed E-state index contributed by atoms with van der Waals surface area (Å²) in [6.07, 6.45) is 2.54. The van der Waals surface area contributed by atoms with E-state index in [9.17, 15) is 4.79 Å². The van der Waals surface area contributed by atoms with Crippen LogP contribution in [0.4, 0.5) is 0 Å². The second-order valence-corrected chi connectivity index (χ2v) is 5.30. The summed E-state index contributed by atoms with van der Waals surface area (Å²) in [5.74, 6) is -0.0347. The van der Waals surface area contributed by atoms with Gasteiger partial charge >= 0.3 is 0 Å². The topological polar surface area (TPSA) is 54.3 Å². The van der Waals surface area contributed by atoms with E-state index in [2.05, 4.69) is 22.1 Å². The van der Waals surface area contributed by atoms with Crippen molar-refractivity contribution in [1.82, 2.24) is 24.8 Å². The van der Waals surface area contributed by atoms with Gasteiger partial charge in [0, 0.05) is 19.6 Å². The normalized spacial score (nSPS) is 16.7. The summed E-state index contributed by atoms with van der Waals surface area (Å²) in [5, 5.41) is 8.49. The molecule has 1 aromatic heterocycles. The Balaban J connectivity index is 1.75. The number of carbonyl (C=O) groups excluding carboxylic acids is 1. The first-order chi connectivity index (χ1) is 10.2. The monoisotopic (exact) mass is 285 g/mol. The van der Waals surface area contributed by atoms with E-state index >= 15 is 0 Å². The maximum absolute atomic E-state index is 12.5. The Kier molecular flexibility index (Phi) is 3.96. The van der Waals surface area contributed by atoms with Crippen LogP contribution in [0.25, 0.3) is 5.69 Å². The summed E-state index contributed by atoms with van der Waals surface area (Å²) in [7, 11) is 2.08. The second-order valence-electron chi connectivity index (χ2n) is 5.30. The molecular formula is C15H19N5O. The fourth-order valence-electron chi connectivity index (χ4n) is 2.46. The van der Waals surface area contributed by atoms with E-state index in [0.717, 1.165) is 38.3 Å². The van der Waals surface area contributed by atoms with Crippen molar-refractivity contribution in [3.05, 3.63) is 42.2 Å². The maximum Gasteiger partial charge on any atom is 0.276 e. The summed E-state index contributed by atoms with van der Waals surface area (Å²) in [6.45, 7) is 3.45. The van der Waals surface area contributed by atoms with E-state index < -0.39 is 0 Å². The van der Waals surface area contributed by atoms with Crippen LogP contribution in [-0.4, -0.2) is 63.9 Å². The summed E-state index contributed by atoms with van der Waals surface area (Å²) in [4.78, 5) is 18.1. The first kappa shape index (κ1) is 13.8. The van der Waals surface area contributed by atoms with E-state index in [1.807, 2.05) is 35.2 Å². The molecule has 1 aromatic carbocycles. The number of rotatable bonds is 2. The number of nitrogens with zero attached hydrogens (tertiary/aromatic N) is 5. The summed E-state index contributed by atoms with van der Waals surface area (Å²) >= 11 is 0. The van der Waals surface area contributed by atoms with E-state index in [4.69, 9.17) is 0 Å². The van der Waals surface area contributed by atoms with Crippen molar-refractivity contribution < 1.29 is 4.79 Å². The molecule has 2 aromatic rings. The molecule has 0 atom stereocenters. The third-order valence-corrected chi connectivity index (χ3v) is 3.70. The Labute approximate surface area is 124 Å². The molecule has 1 aliphatic heterocycles. The molecule has 21 heavy (non-hydrogen) atoms. The van der Waals surface area contributed by atoms with Crippen LogP contribution in [0.5, 0.6) is 0 Å². The smallest absolute Gasteiger partial charge is 0.276 e. The van der Waals surface area contributed by atoms with Gasteiger partial charge in [-0.05, 0) is 32.1 Å². The second kappa shape index (κ2) is 6.05. The average Bonchev–Trinajstić information content (AvgIpc) is 2.91. The molecule has 0 N–H and O–H groups in total. The highest BCUT2D eigenvalue weighted by Crippen LogP contribution is 2.08. The van der Waals surface area contributed by atoms with E-state index in [0.29, 0.717) is 5.69 Å². The van der Waals surface area contributed by atoms with Crippen LogP contribution in [0, 0.1) is 0 Å². The van der Waals surface area contributed by atoms with Gasteiger partial charge in [-0.25, -0.2) is 0 Å². The minimum atomic E-state index is -0.0347. The number of para-hydroxylation sites is 1. The van der Waals surface area contributed by atoms with Crippen LogP contribution in [0.15, 0.2) is 36.5 Å². The molecule has 0 unspecified atom stereocenters. The van der Waals surface area contributed by atoms with Crippen molar-refractivity contribution in [2.75, 3.05) is 33.2 Å². The molecule has 0 aliphatic carbocycles. The van der Waals surface area contributed by atoms with E-state index in [1.54, 1.807) is 6.20 Å². The van der Waals surface area contributed by atoms with Crippen molar-refractivity contribution in [3.63, 3.8) is 0 Å². The van der Waals surface area contributed by atoms with Crippen LogP contribution in [-0.2, 0) is 0 Å². The number of benzene rings is 1. The fraction of sp³-hybridized carbons (Fsp3) is 0.400. The molecule has 0 bridgehead atoms. The first-order valence-corrected chi connectivity index (χ1v) is 7.19. The van der Waals surface area contributed by atoms with E-state index in [1.165, 1.54) is 4.80 Å².